The molecule has 0 spiro atoms. The molecule has 1 saturated carbocycles. The second kappa shape index (κ2) is 33.2. The molecule has 64 heavy (non-hydrogen) atoms. The van der Waals surface area contributed by atoms with E-state index >= 15 is 0 Å². The van der Waals surface area contributed by atoms with Crippen molar-refractivity contribution in [2.45, 2.75) is 216 Å². The Morgan fingerprint density at radius 3 is 2.09 bits per heavy atom. The van der Waals surface area contributed by atoms with Gasteiger partial charge < -0.3 is 50.1 Å². The van der Waals surface area contributed by atoms with Crippen molar-refractivity contribution < 1.29 is 78.1 Å². The van der Waals surface area contributed by atoms with Crippen molar-refractivity contribution in [1.82, 2.24) is 0 Å². The maximum atomic E-state index is 13.7. The molecule has 1 aliphatic heterocycles. The Labute approximate surface area is 380 Å². The molecule has 17 heteroatoms. The average molecular weight is 933 g/mol. The number of fused-ring (bicyclic) bond motifs is 4. The minimum atomic E-state index is -5.46. The summed E-state index contributed by atoms with van der Waals surface area (Å²) in [6, 6.07) is 0. The summed E-state index contributed by atoms with van der Waals surface area (Å²) in [6.45, 7) is 2.78. The largest absolute Gasteiger partial charge is 0.472 e. The minimum absolute atomic E-state index is 0.0932. The highest BCUT2D eigenvalue weighted by atomic mass is 31.2. The van der Waals surface area contributed by atoms with E-state index in [1.165, 1.54) is 44.6 Å². The average Bonchev–Trinajstić information content (AvgIpc) is 3.26. The van der Waals surface area contributed by atoms with Crippen LogP contribution in [-0.4, -0.2) is 127 Å². The first-order valence-corrected chi connectivity index (χ1v) is 25.4. The quantitative estimate of drug-likeness (QED) is 0.0254. The summed E-state index contributed by atoms with van der Waals surface area (Å²) in [5, 5.41) is 78.3. The van der Waals surface area contributed by atoms with Crippen molar-refractivity contribution in [3.8, 4) is 0 Å². The van der Waals surface area contributed by atoms with E-state index in [1.54, 1.807) is 12.2 Å². The van der Waals surface area contributed by atoms with Gasteiger partial charge in [-0.3, -0.25) is 23.4 Å². The molecule has 1 aliphatic carbocycles. The number of hydrogen-bond donors (Lipinski definition) is 8. The molecule has 0 aromatic carbocycles. The number of esters is 2. The van der Waals surface area contributed by atoms with E-state index in [0.717, 1.165) is 57.4 Å². The van der Waals surface area contributed by atoms with E-state index in [-0.39, 0.29) is 25.7 Å². The van der Waals surface area contributed by atoms with Crippen LogP contribution in [0.3, 0.4) is 0 Å². The zero-order chi connectivity index (χ0) is 47.3. The lowest BCUT2D eigenvalue weighted by Crippen LogP contribution is -2.55. The summed E-state index contributed by atoms with van der Waals surface area (Å²) in [5.74, 6) is -5.14. The van der Waals surface area contributed by atoms with Gasteiger partial charge in [0.15, 0.2) is 6.10 Å². The number of cyclic esters (lactones) is 1. The van der Waals surface area contributed by atoms with Crippen LogP contribution in [0.1, 0.15) is 162 Å². The Hall–Kier alpha value is -2.34. The molecule has 12 atom stereocenters. The Kier molecular flexibility index (Phi) is 30.0. The van der Waals surface area contributed by atoms with Crippen molar-refractivity contribution >= 4 is 25.5 Å². The third kappa shape index (κ3) is 23.4. The highest BCUT2D eigenvalue weighted by Crippen LogP contribution is 2.47. The smallest absolute Gasteiger partial charge is 0.462 e. The standard InChI is InChI=1S/C47H81O16P/c1-3-5-7-8-9-10-11-12-13-14-15-16-17-18-23-27-40(51)60-32-35-33-61-64(58,59)63-47-45(56)43(54)37(30-29-34(48)25-21-6-4-2)39(50)31-38(49)36(42(53)44(55)46(47)57)26-22-19-20-24-28-41(52)62-35/h12-13,19,22,29-30,34-38,42-49,53-57H,3-11,14-18,20-21,23-28,31-33H2,1-2H3,(H,58,59)/b13-12-,22-19-,30-29+/t34-,35+,36-,37-,38-,42+,43+,44-,45+,46+,47+/m0/s1. The number of ether oxygens (including phenoxy) is 2. The number of unbranched alkanes of at least 4 members (excludes halogenated alkanes) is 13. The molecule has 2 bridgehead atoms. The van der Waals surface area contributed by atoms with E-state index < -0.39 is 112 Å². The normalized spacial score (nSPS) is 31.7. The highest BCUT2D eigenvalue weighted by Gasteiger charge is 2.49. The minimum Gasteiger partial charge on any atom is -0.462 e. The number of allylic oxidation sites excluding steroid dienone is 4. The van der Waals surface area contributed by atoms with Crippen LogP contribution in [0.4, 0.5) is 0 Å². The summed E-state index contributed by atoms with van der Waals surface area (Å²) >= 11 is 0. The van der Waals surface area contributed by atoms with E-state index in [0.29, 0.717) is 25.7 Å². The van der Waals surface area contributed by atoms with Crippen LogP contribution in [0.5, 0.6) is 0 Å². The van der Waals surface area contributed by atoms with Gasteiger partial charge in [-0.1, -0.05) is 121 Å². The molecule has 8 N–H and O–H groups in total. The van der Waals surface area contributed by atoms with Crippen molar-refractivity contribution in [3.05, 3.63) is 36.5 Å². The molecule has 0 saturated heterocycles. The van der Waals surface area contributed by atoms with Crippen molar-refractivity contribution in [3.63, 3.8) is 0 Å². The number of carbonyl (C=O) groups is 3. The lowest BCUT2D eigenvalue weighted by Gasteiger charge is -2.36. The molecule has 0 aromatic heterocycles. The second-order valence-electron chi connectivity index (χ2n) is 17.4. The molecule has 1 fully saturated rings. The van der Waals surface area contributed by atoms with Crippen LogP contribution in [0.15, 0.2) is 36.5 Å². The number of aliphatic hydroxyl groups is 7. The zero-order valence-electron chi connectivity index (χ0n) is 38.3. The molecule has 16 nitrogen and oxygen atoms in total. The number of aliphatic hydroxyl groups excluding tert-OH is 7. The summed E-state index contributed by atoms with van der Waals surface area (Å²) in [6.07, 6.45) is 8.91. The van der Waals surface area contributed by atoms with Crippen LogP contribution in [0, 0.1) is 11.8 Å². The summed E-state index contributed by atoms with van der Waals surface area (Å²) in [7, 11) is -5.46. The van der Waals surface area contributed by atoms with Crippen LogP contribution in [0.2, 0.25) is 0 Å². The van der Waals surface area contributed by atoms with E-state index in [2.05, 4.69) is 19.1 Å². The van der Waals surface area contributed by atoms with Gasteiger partial charge >= 0.3 is 19.8 Å². The Bertz CT molecular complexity index is 1440. The van der Waals surface area contributed by atoms with Gasteiger partial charge in [-0.05, 0) is 57.8 Å². The van der Waals surface area contributed by atoms with Crippen molar-refractivity contribution in [2.75, 3.05) is 13.2 Å². The Morgan fingerprint density at radius 1 is 0.812 bits per heavy atom. The van der Waals surface area contributed by atoms with Crippen LogP contribution < -0.4 is 0 Å². The first-order valence-electron chi connectivity index (χ1n) is 23.9. The second-order valence-corrected chi connectivity index (χ2v) is 18.8. The van der Waals surface area contributed by atoms with Gasteiger partial charge in [-0.15, -0.1) is 0 Å². The molecule has 2 aliphatic rings. The molecule has 0 amide bonds. The molecule has 1 unspecified atom stereocenters. The molecule has 370 valence electrons. The number of Topliss-reactive ketones (excluding diaryl/α,β-unsaturated/α-hetero) is 1. The van der Waals surface area contributed by atoms with Crippen LogP contribution in [-0.2, 0) is 37.5 Å². The fourth-order valence-corrected chi connectivity index (χ4v) is 8.79. The van der Waals surface area contributed by atoms with Crippen LogP contribution in [0.25, 0.3) is 0 Å². The molecule has 1 heterocycles. The summed E-state index contributed by atoms with van der Waals surface area (Å²) < 4.78 is 34.6. The highest BCUT2D eigenvalue weighted by molar-refractivity contribution is 7.47. The maximum Gasteiger partial charge on any atom is 0.472 e. The summed E-state index contributed by atoms with van der Waals surface area (Å²) in [4.78, 5) is 50.0. The van der Waals surface area contributed by atoms with E-state index in [1.807, 2.05) is 6.92 Å². The van der Waals surface area contributed by atoms with Crippen LogP contribution >= 0.6 is 7.82 Å². The predicted molar refractivity (Wildman–Crippen MR) is 240 cm³/mol. The molecular weight excluding hydrogens is 851 g/mol. The Morgan fingerprint density at radius 2 is 1.42 bits per heavy atom. The number of phosphoric ester groups is 1. The summed E-state index contributed by atoms with van der Waals surface area (Å²) in [5.41, 5.74) is 0. The number of phosphoric acid groups is 1. The molecule has 0 aromatic rings. The van der Waals surface area contributed by atoms with Crippen molar-refractivity contribution in [2.24, 2.45) is 11.8 Å². The number of hydrogen-bond acceptors (Lipinski definition) is 15. The number of carbonyl (C=O) groups excluding carboxylic acids is 3. The Balaban J connectivity index is 2.15. The zero-order valence-corrected chi connectivity index (χ0v) is 39.2. The van der Waals surface area contributed by atoms with Gasteiger partial charge in [0.25, 0.3) is 0 Å². The molecule has 2 rings (SSSR count). The number of rotatable bonds is 23. The third-order valence-electron chi connectivity index (χ3n) is 11.8. The first kappa shape index (κ1) is 57.8. The third-order valence-corrected chi connectivity index (χ3v) is 12.8. The predicted octanol–water partition coefficient (Wildman–Crippen LogP) is 5.98. The first-order chi connectivity index (χ1) is 30.6. The SMILES string of the molecule is CCCCCCCC/C=C\CCCCCCCC(=O)OC[C@@H]1COP(=O)(O)O[C@H]2[C@H](O)[C@@H](O)[C@H](O)[C@@H](C/C=C\CCCC(=O)O1)[C@@H](O)CC(=O)[C@H](/C=C/[C@@H](O)CCCCC)[C@@H](O)[C@H]2O. The van der Waals surface area contributed by atoms with Gasteiger partial charge in [0.05, 0.1) is 36.9 Å². The maximum absolute atomic E-state index is 13.7. The van der Waals surface area contributed by atoms with E-state index in [9.17, 15) is 59.6 Å². The topological polar surface area (TPSA) is 267 Å². The van der Waals surface area contributed by atoms with E-state index in [4.69, 9.17) is 18.5 Å². The van der Waals surface area contributed by atoms with Crippen molar-refractivity contribution in [1.29, 1.82) is 0 Å². The monoisotopic (exact) mass is 933 g/mol. The fraction of sp³-hybridized carbons (Fsp3) is 0.809. The molecular formula is C47H81O16P. The van der Waals surface area contributed by atoms with Gasteiger partial charge in [0, 0.05) is 25.2 Å². The lowest BCUT2D eigenvalue weighted by atomic mass is 9.83. The number of ketones is 1. The van der Waals surface area contributed by atoms with Gasteiger partial charge in [0.1, 0.15) is 36.8 Å². The molecule has 0 radical (unpaired) electrons. The van der Waals surface area contributed by atoms with Gasteiger partial charge in [-0.2, -0.15) is 0 Å². The van der Waals surface area contributed by atoms with Gasteiger partial charge in [-0.25, -0.2) is 4.57 Å². The van der Waals surface area contributed by atoms with Gasteiger partial charge in [0.2, 0.25) is 0 Å². The fourth-order valence-electron chi connectivity index (χ4n) is 7.82. The lowest BCUT2D eigenvalue weighted by molar-refractivity contribution is -0.166.